The van der Waals surface area contributed by atoms with Gasteiger partial charge in [0.1, 0.15) is 15.8 Å². The molecule has 0 N–H and O–H groups in total. The first-order chi connectivity index (χ1) is 15.4. The monoisotopic (exact) mass is 472 g/mol. The van der Waals surface area contributed by atoms with Crippen molar-refractivity contribution >= 4 is 51.7 Å². The molecule has 0 atom stereocenters. The minimum Gasteiger partial charge on any atom is -0.356 e. The molecule has 0 radical (unpaired) electrons. The Labute approximate surface area is 199 Å². The summed E-state index contributed by atoms with van der Waals surface area (Å²) in [5.74, 6) is 0.520. The molecule has 1 aliphatic heterocycles. The fraction of sp³-hybridized carbons (Fsp3) is 0.500. The highest BCUT2D eigenvalue weighted by molar-refractivity contribution is 8.26. The lowest BCUT2D eigenvalue weighted by Crippen LogP contribution is -2.31. The van der Waals surface area contributed by atoms with Crippen molar-refractivity contribution < 1.29 is 4.79 Å². The Morgan fingerprint density at radius 2 is 1.81 bits per heavy atom. The van der Waals surface area contributed by atoms with Crippen LogP contribution in [0.5, 0.6) is 0 Å². The summed E-state index contributed by atoms with van der Waals surface area (Å²) in [6.45, 7) is 10.5. The molecule has 2 aromatic rings. The number of anilines is 1. The standard InChI is InChI=1S/C24H32N4O2S2/c1-5-8-9-14-27-23(30)19(32-24(27)31)15-18-21(26(12-6-2)13-7-3)25-20-11-10-17(4)16-28(20)22(18)29/h10-11,15-16H,5-9,12-14H2,1-4H3/b19-15-. The molecule has 2 aromatic heterocycles. The fourth-order valence-electron chi connectivity index (χ4n) is 3.82. The summed E-state index contributed by atoms with van der Waals surface area (Å²) in [5, 5.41) is 0. The molecule has 1 aliphatic rings. The molecule has 172 valence electrons. The van der Waals surface area contributed by atoms with Crippen LogP contribution in [0.3, 0.4) is 0 Å². The van der Waals surface area contributed by atoms with Crippen molar-refractivity contribution in [1.82, 2.24) is 14.3 Å². The molecule has 3 heterocycles. The predicted octanol–water partition coefficient (Wildman–Crippen LogP) is 5.02. The highest BCUT2D eigenvalue weighted by Gasteiger charge is 2.32. The average molecular weight is 473 g/mol. The van der Waals surface area contributed by atoms with Crippen molar-refractivity contribution in [2.24, 2.45) is 0 Å². The van der Waals surface area contributed by atoms with Gasteiger partial charge >= 0.3 is 0 Å². The zero-order valence-electron chi connectivity index (χ0n) is 19.4. The summed E-state index contributed by atoms with van der Waals surface area (Å²) >= 11 is 6.75. The Kier molecular flexibility index (Phi) is 8.48. The van der Waals surface area contributed by atoms with Crippen LogP contribution >= 0.6 is 24.0 Å². The van der Waals surface area contributed by atoms with Crippen LogP contribution in [0.2, 0.25) is 0 Å². The number of pyridine rings is 1. The topological polar surface area (TPSA) is 57.9 Å². The van der Waals surface area contributed by atoms with E-state index in [-0.39, 0.29) is 11.5 Å². The van der Waals surface area contributed by atoms with E-state index in [1.165, 1.54) is 11.8 Å². The van der Waals surface area contributed by atoms with Gasteiger partial charge in [-0.1, -0.05) is 63.7 Å². The number of aryl methyl sites for hydroxylation is 1. The van der Waals surface area contributed by atoms with Crippen molar-refractivity contribution in [1.29, 1.82) is 0 Å². The Bertz CT molecular complexity index is 1090. The molecule has 0 bridgehead atoms. The molecule has 0 aromatic carbocycles. The van der Waals surface area contributed by atoms with Gasteiger partial charge in [-0.25, -0.2) is 4.98 Å². The molecule has 8 heteroatoms. The van der Waals surface area contributed by atoms with Gasteiger partial charge in [0.05, 0.1) is 10.5 Å². The molecular weight excluding hydrogens is 440 g/mol. The van der Waals surface area contributed by atoms with Gasteiger partial charge in [-0.2, -0.15) is 0 Å². The number of hydrogen-bond acceptors (Lipinski definition) is 6. The maximum Gasteiger partial charge on any atom is 0.267 e. The van der Waals surface area contributed by atoms with E-state index in [0.29, 0.717) is 32.8 Å². The molecule has 0 aliphatic carbocycles. The summed E-state index contributed by atoms with van der Waals surface area (Å²) in [4.78, 5) is 35.8. The number of thioether (sulfide) groups is 1. The van der Waals surface area contributed by atoms with E-state index >= 15 is 0 Å². The number of nitrogens with zero attached hydrogens (tertiary/aromatic N) is 4. The van der Waals surface area contributed by atoms with Gasteiger partial charge in [-0.3, -0.25) is 18.9 Å². The molecule has 0 saturated carbocycles. The summed E-state index contributed by atoms with van der Waals surface area (Å²) in [6.07, 6.45) is 8.43. The molecule has 1 amide bonds. The minimum absolute atomic E-state index is 0.117. The van der Waals surface area contributed by atoms with Crippen molar-refractivity contribution in [2.45, 2.75) is 59.8 Å². The largest absolute Gasteiger partial charge is 0.356 e. The third-order valence-electron chi connectivity index (χ3n) is 5.41. The van der Waals surface area contributed by atoms with Crippen LogP contribution in [0.4, 0.5) is 5.82 Å². The average Bonchev–Trinajstić information content (AvgIpc) is 3.03. The third kappa shape index (κ3) is 5.23. The maximum absolute atomic E-state index is 13.6. The normalized spacial score (nSPS) is 15.4. The van der Waals surface area contributed by atoms with E-state index in [0.717, 1.165) is 50.8 Å². The SMILES string of the molecule is CCCCCN1C(=O)/C(=C/c2c(N(CCC)CCC)nc3ccc(C)cn3c2=O)SC1=S. The van der Waals surface area contributed by atoms with Crippen LogP contribution in [0.25, 0.3) is 11.7 Å². The zero-order valence-corrected chi connectivity index (χ0v) is 21.0. The van der Waals surface area contributed by atoms with Crippen LogP contribution in [0.1, 0.15) is 64.0 Å². The fourth-order valence-corrected chi connectivity index (χ4v) is 5.11. The Morgan fingerprint density at radius 3 is 2.47 bits per heavy atom. The second-order valence-electron chi connectivity index (χ2n) is 8.12. The van der Waals surface area contributed by atoms with E-state index in [9.17, 15) is 9.59 Å². The number of carbonyl (C=O) groups is 1. The molecule has 32 heavy (non-hydrogen) atoms. The van der Waals surface area contributed by atoms with Crippen molar-refractivity contribution in [2.75, 3.05) is 24.5 Å². The molecule has 0 unspecified atom stereocenters. The molecular formula is C24H32N4O2S2. The Balaban J connectivity index is 2.12. The number of thiocarbonyl (C=S) groups is 1. The first-order valence-corrected chi connectivity index (χ1v) is 12.7. The van der Waals surface area contributed by atoms with Crippen molar-refractivity contribution in [3.05, 3.63) is 44.7 Å². The van der Waals surface area contributed by atoms with E-state index < -0.39 is 0 Å². The van der Waals surface area contributed by atoms with Crippen molar-refractivity contribution in [3.8, 4) is 0 Å². The van der Waals surface area contributed by atoms with Gasteiger partial charge in [0.2, 0.25) is 0 Å². The number of unbranched alkanes of at least 4 members (excludes halogenated alkanes) is 2. The Morgan fingerprint density at radius 1 is 1.09 bits per heavy atom. The molecule has 3 rings (SSSR count). The van der Waals surface area contributed by atoms with Crippen molar-refractivity contribution in [3.63, 3.8) is 0 Å². The lowest BCUT2D eigenvalue weighted by atomic mass is 10.2. The van der Waals surface area contributed by atoms with Crippen LogP contribution in [-0.2, 0) is 4.79 Å². The molecule has 0 spiro atoms. The van der Waals surface area contributed by atoms with Crippen LogP contribution in [0, 0.1) is 6.92 Å². The molecule has 1 saturated heterocycles. The number of amides is 1. The van der Waals surface area contributed by atoms with Gasteiger partial charge in [0.25, 0.3) is 11.5 Å². The first-order valence-electron chi connectivity index (χ1n) is 11.4. The third-order valence-corrected chi connectivity index (χ3v) is 6.78. The maximum atomic E-state index is 13.6. The summed E-state index contributed by atoms with van der Waals surface area (Å²) < 4.78 is 2.13. The van der Waals surface area contributed by atoms with Gasteiger partial charge in [-0.05, 0) is 43.9 Å². The molecule has 6 nitrogen and oxygen atoms in total. The number of aromatic nitrogens is 2. The van der Waals surface area contributed by atoms with Gasteiger partial charge < -0.3 is 4.90 Å². The first kappa shape index (κ1) is 24.5. The number of fused-ring (bicyclic) bond motifs is 1. The molecule has 1 fully saturated rings. The summed E-state index contributed by atoms with van der Waals surface area (Å²) in [5.41, 5.74) is 1.87. The lowest BCUT2D eigenvalue weighted by molar-refractivity contribution is -0.122. The number of carbonyl (C=O) groups excluding carboxylic acids is 1. The highest BCUT2D eigenvalue weighted by atomic mass is 32.2. The van der Waals surface area contributed by atoms with Crippen LogP contribution in [-0.4, -0.2) is 44.1 Å². The van der Waals surface area contributed by atoms with Gasteiger partial charge in [-0.15, -0.1) is 0 Å². The second kappa shape index (κ2) is 11.1. The van der Waals surface area contributed by atoms with Gasteiger partial charge in [0.15, 0.2) is 0 Å². The summed E-state index contributed by atoms with van der Waals surface area (Å²) in [7, 11) is 0. The van der Waals surface area contributed by atoms with Gasteiger partial charge in [0, 0.05) is 25.8 Å². The zero-order chi connectivity index (χ0) is 23.3. The second-order valence-corrected chi connectivity index (χ2v) is 9.79. The Hall–Kier alpha value is -2.19. The summed E-state index contributed by atoms with van der Waals surface area (Å²) in [6, 6.07) is 3.82. The lowest BCUT2D eigenvalue weighted by Gasteiger charge is -2.24. The predicted molar refractivity (Wildman–Crippen MR) is 138 cm³/mol. The van der Waals surface area contributed by atoms with E-state index in [4.69, 9.17) is 17.2 Å². The smallest absolute Gasteiger partial charge is 0.267 e. The van der Waals surface area contributed by atoms with Crippen LogP contribution < -0.4 is 10.5 Å². The quantitative estimate of drug-likeness (QED) is 0.275. The van der Waals surface area contributed by atoms with E-state index in [2.05, 4.69) is 25.7 Å². The highest BCUT2D eigenvalue weighted by Crippen LogP contribution is 2.33. The minimum atomic E-state index is -0.165. The van der Waals surface area contributed by atoms with E-state index in [1.54, 1.807) is 21.6 Å². The number of hydrogen-bond donors (Lipinski definition) is 0. The number of rotatable bonds is 10. The van der Waals surface area contributed by atoms with Crippen LogP contribution in [0.15, 0.2) is 28.0 Å². The van der Waals surface area contributed by atoms with E-state index in [1.807, 2.05) is 19.1 Å².